The van der Waals surface area contributed by atoms with Crippen LogP contribution in [0.4, 0.5) is 5.13 Å². The molecule has 20 heavy (non-hydrogen) atoms. The third-order valence-corrected chi connectivity index (χ3v) is 5.96. The number of nitrogens with zero attached hydrogens (tertiary/aromatic N) is 3. The topological polar surface area (TPSA) is 36.4 Å². The van der Waals surface area contributed by atoms with Crippen LogP contribution in [0.5, 0.6) is 0 Å². The van der Waals surface area contributed by atoms with Gasteiger partial charge >= 0.3 is 0 Å². The Morgan fingerprint density at radius 1 is 1.30 bits per heavy atom. The summed E-state index contributed by atoms with van der Waals surface area (Å²) < 4.78 is 0. The largest absolute Gasteiger partial charge is 0.343 e. The summed E-state index contributed by atoms with van der Waals surface area (Å²) >= 11 is 1.60. The van der Waals surface area contributed by atoms with Gasteiger partial charge in [0.15, 0.2) is 11.4 Å². The molecule has 0 radical (unpaired) electrons. The van der Waals surface area contributed by atoms with E-state index in [0.717, 1.165) is 35.1 Å². The molecule has 0 spiro atoms. The van der Waals surface area contributed by atoms with E-state index in [1.165, 1.54) is 32.2 Å². The molecule has 4 rings (SSSR count). The Balaban J connectivity index is 1.61. The Morgan fingerprint density at radius 2 is 2.15 bits per heavy atom. The molecule has 0 bridgehead atoms. The molecule has 0 amide bonds. The first-order valence-corrected chi connectivity index (χ1v) is 8.54. The standard InChI is InChI=1S/C15H21N3OS/c1-10-7-17-6-2-3-12(17)8-18(10)15-16-14(11-4-5-11)13(9-19)20-15/h9-12H,2-8H2,1H3. The Bertz CT molecular complexity index is 525. The van der Waals surface area contributed by atoms with Crippen LogP contribution in [0.1, 0.15) is 53.9 Å². The first-order valence-electron chi connectivity index (χ1n) is 7.73. The maximum Gasteiger partial charge on any atom is 0.186 e. The molecule has 2 saturated heterocycles. The molecule has 1 aromatic rings. The molecule has 0 aromatic carbocycles. The number of carbonyl (C=O) groups excluding carboxylic acids is 1. The van der Waals surface area contributed by atoms with Gasteiger partial charge in [0, 0.05) is 31.1 Å². The maximum absolute atomic E-state index is 11.3. The molecule has 2 unspecified atom stereocenters. The van der Waals surface area contributed by atoms with Gasteiger partial charge in [-0.15, -0.1) is 0 Å². The van der Waals surface area contributed by atoms with Crippen LogP contribution in [0.25, 0.3) is 0 Å². The summed E-state index contributed by atoms with van der Waals surface area (Å²) in [6.45, 7) is 5.76. The summed E-state index contributed by atoms with van der Waals surface area (Å²) in [5.74, 6) is 0.559. The summed E-state index contributed by atoms with van der Waals surface area (Å²) in [6, 6.07) is 1.20. The van der Waals surface area contributed by atoms with E-state index in [0.29, 0.717) is 18.0 Å². The molecule has 1 aliphatic carbocycles. The molecule has 4 nitrogen and oxygen atoms in total. The van der Waals surface area contributed by atoms with Crippen molar-refractivity contribution in [3.05, 3.63) is 10.6 Å². The predicted molar refractivity (Wildman–Crippen MR) is 80.9 cm³/mol. The lowest BCUT2D eigenvalue weighted by Crippen LogP contribution is -2.55. The van der Waals surface area contributed by atoms with Gasteiger partial charge in [-0.25, -0.2) is 4.98 Å². The average Bonchev–Trinajstić information content (AvgIpc) is 3.04. The van der Waals surface area contributed by atoms with E-state index < -0.39 is 0 Å². The molecule has 108 valence electrons. The molecule has 3 fully saturated rings. The lowest BCUT2D eigenvalue weighted by atomic mass is 10.1. The molecule has 2 atom stereocenters. The van der Waals surface area contributed by atoms with Crippen LogP contribution in [0, 0.1) is 0 Å². The third kappa shape index (κ3) is 2.07. The highest BCUT2D eigenvalue weighted by molar-refractivity contribution is 7.17. The number of piperazine rings is 1. The molecule has 1 saturated carbocycles. The van der Waals surface area contributed by atoms with Gasteiger partial charge in [-0.3, -0.25) is 9.69 Å². The fourth-order valence-electron chi connectivity index (χ4n) is 3.64. The average molecular weight is 291 g/mol. The first-order chi connectivity index (χ1) is 9.76. The van der Waals surface area contributed by atoms with Gasteiger partial charge < -0.3 is 4.90 Å². The van der Waals surface area contributed by atoms with Crippen molar-refractivity contribution in [2.75, 3.05) is 24.5 Å². The number of aldehydes is 1. The minimum atomic E-state index is 0.502. The number of aromatic nitrogens is 1. The van der Waals surface area contributed by atoms with Crippen LogP contribution in [-0.2, 0) is 0 Å². The van der Waals surface area contributed by atoms with E-state index in [9.17, 15) is 4.79 Å². The summed E-state index contributed by atoms with van der Waals surface area (Å²) in [7, 11) is 0. The highest BCUT2D eigenvalue weighted by Crippen LogP contribution is 2.44. The van der Waals surface area contributed by atoms with Gasteiger partial charge in [0.25, 0.3) is 0 Å². The van der Waals surface area contributed by atoms with Crippen molar-refractivity contribution in [3.8, 4) is 0 Å². The number of hydrogen-bond donors (Lipinski definition) is 0. The van der Waals surface area contributed by atoms with Crippen LogP contribution < -0.4 is 4.90 Å². The van der Waals surface area contributed by atoms with E-state index >= 15 is 0 Å². The molecule has 1 aromatic heterocycles. The van der Waals surface area contributed by atoms with Crippen LogP contribution in [0.3, 0.4) is 0 Å². The zero-order valence-corrected chi connectivity index (χ0v) is 12.7. The van der Waals surface area contributed by atoms with Crippen molar-refractivity contribution in [2.45, 2.75) is 50.6 Å². The lowest BCUT2D eigenvalue weighted by Gasteiger charge is -2.42. The van der Waals surface area contributed by atoms with Crippen LogP contribution in [0.15, 0.2) is 0 Å². The van der Waals surface area contributed by atoms with Crippen molar-refractivity contribution in [2.24, 2.45) is 0 Å². The Labute approximate surface area is 123 Å². The van der Waals surface area contributed by atoms with Crippen molar-refractivity contribution in [3.63, 3.8) is 0 Å². The SMILES string of the molecule is CC1CN2CCCC2CN1c1nc(C2CC2)c(C=O)s1. The second-order valence-electron chi connectivity index (χ2n) is 6.43. The van der Waals surface area contributed by atoms with E-state index in [1.54, 1.807) is 11.3 Å². The summed E-state index contributed by atoms with van der Waals surface area (Å²) in [4.78, 5) is 22.0. The molecule has 3 heterocycles. The van der Waals surface area contributed by atoms with Gasteiger partial charge in [0.1, 0.15) is 0 Å². The zero-order valence-electron chi connectivity index (χ0n) is 11.9. The second kappa shape index (κ2) is 4.81. The summed E-state index contributed by atoms with van der Waals surface area (Å²) in [5.41, 5.74) is 1.07. The molecule has 5 heteroatoms. The molecular formula is C15H21N3OS. The summed E-state index contributed by atoms with van der Waals surface area (Å²) in [6.07, 6.45) is 6.05. The van der Waals surface area contributed by atoms with Gasteiger partial charge in [-0.1, -0.05) is 11.3 Å². The van der Waals surface area contributed by atoms with Crippen LogP contribution in [-0.4, -0.2) is 47.9 Å². The number of thiazole rings is 1. The Kier molecular flexibility index (Phi) is 3.07. The van der Waals surface area contributed by atoms with Crippen LogP contribution >= 0.6 is 11.3 Å². The first kappa shape index (κ1) is 12.8. The lowest BCUT2D eigenvalue weighted by molar-refractivity contribution is 0.112. The van der Waals surface area contributed by atoms with Gasteiger partial charge in [0.05, 0.1) is 10.6 Å². The van der Waals surface area contributed by atoms with E-state index in [2.05, 4.69) is 16.7 Å². The third-order valence-electron chi connectivity index (χ3n) is 4.92. The molecule has 2 aliphatic heterocycles. The minimum absolute atomic E-state index is 0.502. The van der Waals surface area contributed by atoms with Crippen LogP contribution in [0.2, 0.25) is 0 Å². The number of rotatable bonds is 3. The number of carbonyl (C=O) groups is 1. The van der Waals surface area contributed by atoms with Gasteiger partial charge in [-0.05, 0) is 39.2 Å². The predicted octanol–water partition coefficient (Wildman–Crippen LogP) is 2.51. The molecular weight excluding hydrogens is 270 g/mol. The Hall–Kier alpha value is -0.940. The number of anilines is 1. The van der Waals surface area contributed by atoms with Crippen molar-refractivity contribution in [1.29, 1.82) is 0 Å². The fourth-order valence-corrected chi connectivity index (χ4v) is 4.72. The van der Waals surface area contributed by atoms with Crippen molar-refractivity contribution in [1.82, 2.24) is 9.88 Å². The van der Waals surface area contributed by atoms with E-state index in [-0.39, 0.29) is 0 Å². The highest BCUT2D eigenvalue weighted by atomic mass is 32.1. The smallest absolute Gasteiger partial charge is 0.186 e. The zero-order chi connectivity index (χ0) is 13.7. The second-order valence-corrected chi connectivity index (χ2v) is 7.44. The van der Waals surface area contributed by atoms with Gasteiger partial charge in [-0.2, -0.15) is 0 Å². The van der Waals surface area contributed by atoms with Crippen molar-refractivity contribution >= 4 is 22.8 Å². The summed E-state index contributed by atoms with van der Waals surface area (Å²) in [5, 5.41) is 1.08. The number of hydrogen-bond acceptors (Lipinski definition) is 5. The fraction of sp³-hybridized carbons (Fsp3) is 0.733. The number of fused-ring (bicyclic) bond motifs is 1. The van der Waals surface area contributed by atoms with Crippen molar-refractivity contribution < 1.29 is 4.79 Å². The van der Waals surface area contributed by atoms with E-state index in [1.807, 2.05) is 0 Å². The quantitative estimate of drug-likeness (QED) is 0.802. The highest BCUT2D eigenvalue weighted by Gasteiger charge is 2.37. The normalized spacial score (nSPS) is 30.6. The minimum Gasteiger partial charge on any atom is -0.343 e. The van der Waals surface area contributed by atoms with E-state index in [4.69, 9.17) is 4.98 Å². The van der Waals surface area contributed by atoms with Gasteiger partial charge in [0.2, 0.25) is 0 Å². The Morgan fingerprint density at radius 3 is 2.90 bits per heavy atom. The molecule has 3 aliphatic rings. The molecule has 0 N–H and O–H groups in total. The maximum atomic E-state index is 11.3. The monoisotopic (exact) mass is 291 g/mol.